The zero-order valence-corrected chi connectivity index (χ0v) is 14.8. The zero-order chi connectivity index (χ0) is 17.8. The molecular weight excluding hydrogens is 324 g/mol. The molecule has 0 bridgehead atoms. The SMILES string of the molecule is O=C(NC[C@@H]1CCCN(Cc2cccnc2)C1)c1cccc2[nH]ccc12. The Morgan fingerprint density at radius 1 is 1.27 bits per heavy atom. The number of aromatic amines is 1. The fraction of sp³-hybridized carbons (Fsp3) is 0.333. The number of hydrogen-bond acceptors (Lipinski definition) is 3. The number of fused-ring (bicyclic) bond motifs is 1. The summed E-state index contributed by atoms with van der Waals surface area (Å²) >= 11 is 0. The lowest BCUT2D eigenvalue weighted by Gasteiger charge is -2.32. The molecule has 1 aromatic carbocycles. The summed E-state index contributed by atoms with van der Waals surface area (Å²) in [5.74, 6) is 0.509. The van der Waals surface area contributed by atoms with Gasteiger partial charge in [-0.15, -0.1) is 0 Å². The molecule has 5 nitrogen and oxygen atoms in total. The zero-order valence-electron chi connectivity index (χ0n) is 14.8. The van der Waals surface area contributed by atoms with Crippen molar-refractivity contribution in [2.45, 2.75) is 19.4 Å². The van der Waals surface area contributed by atoms with E-state index >= 15 is 0 Å². The van der Waals surface area contributed by atoms with Gasteiger partial charge in [-0.2, -0.15) is 0 Å². The van der Waals surface area contributed by atoms with Crippen LogP contribution in [0.3, 0.4) is 0 Å². The number of benzene rings is 1. The van der Waals surface area contributed by atoms with Crippen LogP contribution < -0.4 is 5.32 Å². The second-order valence-electron chi connectivity index (χ2n) is 7.06. The van der Waals surface area contributed by atoms with E-state index in [0.29, 0.717) is 5.92 Å². The maximum atomic E-state index is 12.6. The van der Waals surface area contributed by atoms with Crippen molar-refractivity contribution in [3.05, 3.63) is 66.1 Å². The monoisotopic (exact) mass is 348 g/mol. The normalized spacial score (nSPS) is 18.1. The van der Waals surface area contributed by atoms with Crippen LogP contribution in [0.5, 0.6) is 0 Å². The molecule has 0 unspecified atom stereocenters. The molecule has 4 rings (SSSR count). The summed E-state index contributed by atoms with van der Waals surface area (Å²) in [4.78, 5) is 22.4. The van der Waals surface area contributed by atoms with Gasteiger partial charge in [0, 0.05) is 54.7 Å². The second-order valence-corrected chi connectivity index (χ2v) is 7.06. The lowest BCUT2D eigenvalue weighted by atomic mass is 9.97. The standard InChI is InChI=1S/C21H24N4O/c26-21(19-6-1-7-20-18(19)8-10-23-20)24-13-17-5-3-11-25(15-17)14-16-4-2-9-22-12-16/h1-2,4,6-10,12,17,23H,3,5,11,13-15H2,(H,24,26)/t17-/m0/s1. The molecule has 0 saturated carbocycles. The second kappa shape index (κ2) is 7.70. The molecule has 3 aromatic rings. The first-order valence-electron chi connectivity index (χ1n) is 9.25. The largest absolute Gasteiger partial charge is 0.361 e. The van der Waals surface area contributed by atoms with Gasteiger partial charge < -0.3 is 10.3 Å². The molecule has 5 heteroatoms. The highest BCUT2D eigenvalue weighted by atomic mass is 16.1. The van der Waals surface area contributed by atoms with E-state index in [-0.39, 0.29) is 5.91 Å². The molecule has 3 heterocycles. The minimum absolute atomic E-state index is 0.0135. The van der Waals surface area contributed by atoms with Gasteiger partial charge in [0.1, 0.15) is 0 Å². The predicted octanol–water partition coefficient (Wildman–Crippen LogP) is 3.20. The summed E-state index contributed by atoms with van der Waals surface area (Å²) in [6.45, 7) is 3.79. The maximum absolute atomic E-state index is 12.6. The Labute approximate surface area is 153 Å². The molecule has 0 aliphatic carbocycles. The number of nitrogens with one attached hydrogen (secondary N) is 2. The van der Waals surface area contributed by atoms with Crippen molar-refractivity contribution in [1.82, 2.24) is 20.2 Å². The van der Waals surface area contributed by atoms with E-state index in [9.17, 15) is 4.79 Å². The number of pyridine rings is 1. The molecule has 1 aliphatic rings. The van der Waals surface area contributed by atoms with Crippen LogP contribution in [-0.4, -0.2) is 40.4 Å². The van der Waals surface area contributed by atoms with Crippen LogP contribution in [0.4, 0.5) is 0 Å². The summed E-state index contributed by atoms with van der Waals surface area (Å²) in [6, 6.07) is 11.9. The Morgan fingerprint density at radius 3 is 3.12 bits per heavy atom. The smallest absolute Gasteiger partial charge is 0.251 e. The third-order valence-corrected chi connectivity index (χ3v) is 5.12. The van der Waals surface area contributed by atoms with Crippen molar-refractivity contribution >= 4 is 16.8 Å². The number of carbonyl (C=O) groups excluding carboxylic acids is 1. The first-order valence-corrected chi connectivity index (χ1v) is 9.25. The van der Waals surface area contributed by atoms with E-state index in [1.54, 1.807) is 0 Å². The first kappa shape index (κ1) is 16.8. The number of piperidine rings is 1. The van der Waals surface area contributed by atoms with Crippen molar-refractivity contribution in [1.29, 1.82) is 0 Å². The lowest BCUT2D eigenvalue weighted by molar-refractivity contribution is 0.0932. The highest BCUT2D eigenvalue weighted by Crippen LogP contribution is 2.19. The van der Waals surface area contributed by atoms with Crippen LogP contribution in [0.25, 0.3) is 10.9 Å². The fourth-order valence-corrected chi connectivity index (χ4v) is 3.83. The van der Waals surface area contributed by atoms with Gasteiger partial charge in [-0.1, -0.05) is 12.1 Å². The summed E-state index contributed by atoms with van der Waals surface area (Å²) in [7, 11) is 0. The van der Waals surface area contributed by atoms with E-state index in [4.69, 9.17) is 0 Å². The number of H-pyrrole nitrogens is 1. The summed E-state index contributed by atoms with van der Waals surface area (Å²) in [5.41, 5.74) is 2.99. The Morgan fingerprint density at radius 2 is 2.23 bits per heavy atom. The maximum Gasteiger partial charge on any atom is 0.251 e. The molecular formula is C21H24N4O. The molecule has 134 valence electrons. The average molecular weight is 348 g/mol. The predicted molar refractivity (Wildman–Crippen MR) is 103 cm³/mol. The van der Waals surface area contributed by atoms with E-state index in [1.165, 1.54) is 12.0 Å². The lowest BCUT2D eigenvalue weighted by Crippen LogP contribution is -2.40. The third kappa shape index (κ3) is 3.78. The fourth-order valence-electron chi connectivity index (χ4n) is 3.83. The Bertz CT molecular complexity index is 874. The van der Waals surface area contributed by atoms with Crippen LogP contribution in [0.15, 0.2) is 55.0 Å². The topological polar surface area (TPSA) is 61.0 Å². The van der Waals surface area contributed by atoms with Gasteiger partial charge in [-0.25, -0.2) is 0 Å². The van der Waals surface area contributed by atoms with E-state index in [0.717, 1.165) is 49.1 Å². The molecule has 1 saturated heterocycles. The van der Waals surface area contributed by atoms with Gasteiger partial charge in [-0.3, -0.25) is 14.7 Å². The molecule has 2 aromatic heterocycles. The van der Waals surface area contributed by atoms with Crippen molar-refractivity contribution < 1.29 is 4.79 Å². The minimum atomic E-state index is 0.0135. The number of aromatic nitrogens is 2. The van der Waals surface area contributed by atoms with Gasteiger partial charge in [-0.05, 0) is 55.1 Å². The summed E-state index contributed by atoms with van der Waals surface area (Å²) in [5, 5.41) is 4.12. The van der Waals surface area contributed by atoms with Crippen molar-refractivity contribution in [2.75, 3.05) is 19.6 Å². The van der Waals surface area contributed by atoms with E-state index < -0.39 is 0 Å². The molecule has 1 atom stereocenters. The number of carbonyl (C=O) groups is 1. The van der Waals surface area contributed by atoms with Crippen LogP contribution in [-0.2, 0) is 6.54 Å². The number of nitrogens with zero attached hydrogens (tertiary/aromatic N) is 2. The number of rotatable bonds is 5. The highest BCUT2D eigenvalue weighted by Gasteiger charge is 2.21. The van der Waals surface area contributed by atoms with E-state index in [1.807, 2.05) is 48.9 Å². The van der Waals surface area contributed by atoms with Crippen LogP contribution in [0, 0.1) is 5.92 Å². The van der Waals surface area contributed by atoms with Gasteiger partial charge in [0.2, 0.25) is 0 Å². The molecule has 26 heavy (non-hydrogen) atoms. The summed E-state index contributed by atoms with van der Waals surface area (Å²) < 4.78 is 0. The Balaban J connectivity index is 1.34. The van der Waals surface area contributed by atoms with Crippen LogP contribution >= 0.6 is 0 Å². The van der Waals surface area contributed by atoms with E-state index in [2.05, 4.69) is 26.3 Å². The van der Waals surface area contributed by atoms with Crippen molar-refractivity contribution in [3.63, 3.8) is 0 Å². The van der Waals surface area contributed by atoms with Gasteiger partial charge in [0.15, 0.2) is 0 Å². The van der Waals surface area contributed by atoms with Gasteiger partial charge in [0.05, 0.1) is 0 Å². The number of hydrogen-bond donors (Lipinski definition) is 2. The van der Waals surface area contributed by atoms with Gasteiger partial charge in [0.25, 0.3) is 5.91 Å². The van der Waals surface area contributed by atoms with Crippen molar-refractivity contribution in [3.8, 4) is 0 Å². The Kier molecular flexibility index (Phi) is 4.97. The van der Waals surface area contributed by atoms with Crippen LogP contribution in [0.1, 0.15) is 28.8 Å². The Hall–Kier alpha value is -2.66. The summed E-state index contributed by atoms with van der Waals surface area (Å²) in [6.07, 6.45) is 7.96. The molecule has 1 fully saturated rings. The first-order chi connectivity index (χ1) is 12.8. The number of likely N-dealkylation sites (tertiary alicyclic amines) is 1. The van der Waals surface area contributed by atoms with Crippen LogP contribution in [0.2, 0.25) is 0 Å². The molecule has 1 amide bonds. The molecule has 2 N–H and O–H groups in total. The minimum Gasteiger partial charge on any atom is -0.361 e. The quantitative estimate of drug-likeness (QED) is 0.744. The third-order valence-electron chi connectivity index (χ3n) is 5.12. The van der Waals surface area contributed by atoms with Gasteiger partial charge >= 0.3 is 0 Å². The molecule has 0 radical (unpaired) electrons. The average Bonchev–Trinajstić information content (AvgIpc) is 3.16. The molecule has 0 spiro atoms. The molecule has 1 aliphatic heterocycles. The highest BCUT2D eigenvalue weighted by molar-refractivity contribution is 6.06. The van der Waals surface area contributed by atoms with Crippen molar-refractivity contribution in [2.24, 2.45) is 5.92 Å². The number of amides is 1.